The molecular weight excluding hydrogens is 290 g/mol. The third-order valence-electron chi connectivity index (χ3n) is 2.77. The highest BCUT2D eigenvalue weighted by Gasteiger charge is 1.99. The number of likely N-dealkylation sites (N-methyl/N-ethyl adjacent to an activating group) is 1. The van der Waals surface area contributed by atoms with Crippen molar-refractivity contribution in [1.82, 2.24) is 14.9 Å². The first-order chi connectivity index (χ1) is 8.78. The molecule has 4 heteroatoms. The third kappa shape index (κ3) is 3.96. The van der Waals surface area contributed by atoms with Crippen LogP contribution < -0.4 is 5.32 Å². The van der Waals surface area contributed by atoms with Gasteiger partial charge in [-0.3, -0.25) is 0 Å². The summed E-state index contributed by atoms with van der Waals surface area (Å²) in [5, 5.41) is 3.31. The first kappa shape index (κ1) is 13.3. The SMILES string of the molecule is CCNCCc1cn(Cc2ccc(Br)cc2)cn1. The maximum Gasteiger partial charge on any atom is 0.0952 e. The lowest BCUT2D eigenvalue weighted by molar-refractivity contribution is 0.708. The molecule has 1 aromatic carbocycles. The van der Waals surface area contributed by atoms with Crippen molar-refractivity contribution in [3.8, 4) is 0 Å². The van der Waals surface area contributed by atoms with Gasteiger partial charge in [0, 0.05) is 30.2 Å². The molecule has 1 heterocycles. The second-order valence-corrected chi connectivity index (χ2v) is 5.18. The van der Waals surface area contributed by atoms with Gasteiger partial charge in [0.15, 0.2) is 0 Å². The van der Waals surface area contributed by atoms with Crippen molar-refractivity contribution in [3.63, 3.8) is 0 Å². The van der Waals surface area contributed by atoms with Crippen LogP contribution in [0.5, 0.6) is 0 Å². The average Bonchev–Trinajstić information content (AvgIpc) is 2.80. The van der Waals surface area contributed by atoms with Crippen LogP contribution in [0.2, 0.25) is 0 Å². The van der Waals surface area contributed by atoms with E-state index in [1.54, 1.807) is 0 Å². The normalized spacial score (nSPS) is 10.8. The lowest BCUT2D eigenvalue weighted by Gasteiger charge is -2.02. The Kier molecular flexibility index (Phi) is 4.96. The van der Waals surface area contributed by atoms with Gasteiger partial charge in [0.2, 0.25) is 0 Å². The molecule has 0 radical (unpaired) electrons. The van der Waals surface area contributed by atoms with Gasteiger partial charge in [-0.2, -0.15) is 0 Å². The molecule has 2 aromatic rings. The summed E-state index contributed by atoms with van der Waals surface area (Å²) in [5.74, 6) is 0. The van der Waals surface area contributed by atoms with Crippen LogP contribution in [0, 0.1) is 0 Å². The molecule has 2 rings (SSSR count). The van der Waals surface area contributed by atoms with E-state index >= 15 is 0 Å². The zero-order valence-corrected chi connectivity index (χ0v) is 12.2. The molecule has 0 saturated carbocycles. The van der Waals surface area contributed by atoms with E-state index in [0.717, 1.165) is 36.2 Å². The van der Waals surface area contributed by atoms with E-state index in [1.165, 1.54) is 5.56 Å². The number of halogens is 1. The number of benzene rings is 1. The van der Waals surface area contributed by atoms with Crippen LogP contribution in [0.4, 0.5) is 0 Å². The summed E-state index contributed by atoms with van der Waals surface area (Å²) in [6, 6.07) is 8.39. The number of aromatic nitrogens is 2. The first-order valence-corrected chi connectivity index (χ1v) is 7.03. The van der Waals surface area contributed by atoms with Crippen LogP contribution >= 0.6 is 15.9 Å². The minimum absolute atomic E-state index is 0.876. The van der Waals surface area contributed by atoms with Gasteiger partial charge >= 0.3 is 0 Å². The summed E-state index contributed by atoms with van der Waals surface area (Å²) in [7, 11) is 0. The van der Waals surface area contributed by atoms with Crippen LogP contribution in [0.15, 0.2) is 41.3 Å². The standard InChI is InChI=1S/C14H18BrN3/c1-2-16-8-7-14-10-18(11-17-14)9-12-3-5-13(15)6-4-12/h3-6,10-11,16H,2,7-9H2,1H3. The van der Waals surface area contributed by atoms with Gasteiger partial charge in [-0.05, 0) is 24.2 Å². The summed E-state index contributed by atoms with van der Waals surface area (Å²) >= 11 is 3.44. The van der Waals surface area contributed by atoms with Gasteiger partial charge in [0.1, 0.15) is 0 Å². The molecule has 0 atom stereocenters. The van der Waals surface area contributed by atoms with Crippen molar-refractivity contribution in [2.24, 2.45) is 0 Å². The highest BCUT2D eigenvalue weighted by molar-refractivity contribution is 9.10. The molecule has 3 nitrogen and oxygen atoms in total. The molecule has 0 amide bonds. The molecule has 0 spiro atoms. The molecular formula is C14H18BrN3. The second-order valence-electron chi connectivity index (χ2n) is 4.27. The molecule has 0 bridgehead atoms. The third-order valence-corrected chi connectivity index (χ3v) is 3.30. The zero-order valence-electron chi connectivity index (χ0n) is 10.6. The fourth-order valence-electron chi connectivity index (χ4n) is 1.82. The quantitative estimate of drug-likeness (QED) is 0.832. The van der Waals surface area contributed by atoms with Crippen molar-refractivity contribution in [2.75, 3.05) is 13.1 Å². The number of hydrogen-bond donors (Lipinski definition) is 1. The highest BCUT2D eigenvalue weighted by Crippen LogP contribution is 2.11. The predicted octanol–water partition coefficient (Wildman–Crippen LogP) is 2.85. The number of nitrogens with zero attached hydrogens (tertiary/aromatic N) is 2. The maximum absolute atomic E-state index is 4.42. The monoisotopic (exact) mass is 307 g/mol. The summed E-state index contributed by atoms with van der Waals surface area (Å²) in [6.07, 6.45) is 5.02. The van der Waals surface area contributed by atoms with E-state index in [4.69, 9.17) is 0 Å². The van der Waals surface area contributed by atoms with Crippen molar-refractivity contribution in [3.05, 3.63) is 52.5 Å². The molecule has 0 unspecified atom stereocenters. The van der Waals surface area contributed by atoms with Crippen molar-refractivity contribution in [1.29, 1.82) is 0 Å². The molecule has 0 fully saturated rings. The summed E-state index contributed by atoms with van der Waals surface area (Å²) in [4.78, 5) is 4.42. The Hall–Kier alpha value is -1.13. The molecule has 0 aliphatic carbocycles. The zero-order chi connectivity index (χ0) is 12.8. The number of imidazole rings is 1. The van der Waals surface area contributed by atoms with Gasteiger partial charge in [-0.1, -0.05) is 35.0 Å². The van der Waals surface area contributed by atoms with Crippen LogP contribution in [0.1, 0.15) is 18.2 Å². The maximum atomic E-state index is 4.42. The smallest absolute Gasteiger partial charge is 0.0952 e. The number of rotatable bonds is 6. The van der Waals surface area contributed by atoms with Crippen LogP contribution in [-0.2, 0) is 13.0 Å². The van der Waals surface area contributed by atoms with Gasteiger partial charge in [0.25, 0.3) is 0 Å². The predicted molar refractivity (Wildman–Crippen MR) is 77.7 cm³/mol. The molecule has 96 valence electrons. The minimum Gasteiger partial charge on any atom is -0.333 e. The highest BCUT2D eigenvalue weighted by atomic mass is 79.9. The Morgan fingerprint density at radius 3 is 2.78 bits per heavy atom. The van der Waals surface area contributed by atoms with Crippen molar-refractivity contribution < 1.29 is 0 Å². The lowest BCUT2D eigenvalue weighted by atomic mass is 10.2. The Morgan fingerprint density at radius 2 is 2.06 bits per heavy atom. The molecule has 18 heavy (non-hydrogen) atoms. The number of hydrogen-bond acceptors (Lipinski definition) is 2. The Labute approximate surface area is 116 Å². The van der Waals surface area contributed by atoms with Crippen LogP contribution in [-0.4, -0.2) is 22.6 Å². The fraction of sp³-hybridized carbons (Fsp3) is 0.357. The van der Waals surface area contributed by atoms with Gasteiger partial charge in [0.05, 0.1) is 12.0 Å². The van der Waals surface area contributed by atoms with E-state index in [-0.39, 0.29) is 0 Å². The molecule has 1 N–H and O–H groups in total. The topological polar surface area (TPSA) is 29.9 Å². The van der Waals surface area contributed by atoms with Crippen molar-refractivity contribution in [2.45, 2.75) is 19.9 Å². The lowest BCUT2D eigenvalue weighted by Crippen LogP contribution is -2.16. The van der Waals surface area contributed by atoms with Gasteiger partial charge < -0.3 is 9.88 Å². The molecule has 1 aromatic heterocycles. The van der Waals surface area contributed by atoms with E-state index < -0.39 is 0 Å². The van der Waals surface area contributed by atoms with Crippen LogP contribution in [0.3, 0.4) is 0 Å². The Morgan fingerprint density at radius 1 is 1.28 bits per heavy atom. The van der Waals surface area contributed by atoms with E-state index in [1.807, 2.05) is 6.33 Å². The minimum atomic E-state index is 0.876. The number of nitrogens with one attached hydrogen (secondary N) is 1. The largest absolute Gasteiger partial charge is 0.333 e. The van der Waals surface area contributed by atoms with E-state index in [2.05, 4.69) is 68.2 Å². The second kappa shape index (κ2) is 6.71. The summed E-state index contributed by atoms with van der Waals surface area (Å²) in [6.45, 7) is 5.00. The summed E-state index contributed by atoms with van der Waals surface area (Å²) < 4.78 is 3.24. The van der Waals surface area contributed by atoms with Gasteiger partial charge in [-0.15, -0.1) is 0 Å². The first-order valence-electron chi connectivity index (χ1n) is 6.23. The molecule has 0 aliphatic rings. The van der Waals surface area contributed by atoms with E-state index in [0.29, 0.717) is 0 Å². The Balaban J connectivity index is 1.91. The molecule has 0 saturated heterocycles. The Bertz CT molecular complexity index is 476. The van der Waals surface area contributed by atoms with Crippen molar-refractivity contribution >= 4 is 15.9 Å². The van der Waals surface area contributed by atoms with Gasteiger partial charge in [-0.25, -0.2) is 4.98 Å². The van der Waals surface area contributed by atoms with E-state index in [9.17, 15) is 0 Å². The fourth-order valence-corrected chi connectivity index (χ4v) is 2.08. The average molecular weight is 308 g/mol. The van der Waals surface area contributed by atoms with Crippen LogP contribution in [0.25, 0.3) is 0 Å². The summed E-state index contributed by atoms with van der Waals surface area (Å²) in [5.41, 5.74) is 2.43. The molecule has 0 aliphatic heterocycles.